The molecule has 0 aliphatic heterocycles. The SMILES string of the molecule is CCCc1nc(N)cc(Oc2cccc(CC)c2)n1. The second-order valence-electron chi connectivity index (χ2n) is 4.40. The van der Waals surface area contributed by atoms with Crippen LogP contribution in [0.4, 0.5) is 5.82 Å². The average molecular weight is 257 g/mol. The Morgan fingerprint density at radius 1 is 1.16 bits per heavy atom. The van der Waals surface area contributed by atoms with Gasteiger partial charge in [0.05, 0.1) is 0 Å². The number of aromatic nitrogens is 2. The number of nitrogen functional groups attached to an aromatic ring is 1. The van der Waals surface area contributed by atoms with Gasteiger partial charge in [0.15, 0.2) is 0 Å². The van der Waals surface area contributed by atoms with Crippen LogP contribution in [-0.4, -0.2) is 9.97 Å². The predicted octanol–water partition coefficient (Wildman–Crippen LogP) is 3.37. The summed E-state index contributed by atoms with van der Waals surface area (Å²) in [6.45, 7) is 4.19. The minimum absolute atomic E-state index is 0.445. The molecule has 0 aliphatic rings. The number of anilines is 1. The third-order valence-electron chi connectivity index (χ3n) is 2.77. The molecule has 0 unspecified atom stereocenters. The van der Waals surface area contributed by atoms with Crippen molar-refractivity contribution in [1.29, 1.82) is 0 Å². The molecule has 0 aliphatic carbocycles. The lowest BCUT2D eigenvalue weighted by Gasteiger charge is -2.08. The van der Waals surface area contributed by atoms with Gasteiger partial charge in [-0.2, -0.15) is 4.98 Å². The molecule has 4 heteroatoms. The highest BCUT2D eigenvalue weighted by Gasteiger charge is 2.05. The van der Waals surface area contributed by atoms with Crippen molar-refractivity contribution in [2.24, 2.45) is 0 Å². The number of nitrogens with zero attached hydrogens (tertiary/aromatic N) is 2. The van der Waals surface area contributed by atoms with Crippen LogP contribution in [0.5, 0.6) is 11.6 Å². The smallest absolute Gasteiger partial charge is 0.224 e. The zero-order valence-corrected chi connectivity index (χ0v) is 11.4. The topological polar surface area (TPSA) is 61.0 Å². The summed E-state index contributed by atoms with van der Waals surface area (Å²) in [5.74, 6) is 2.45. The van der Waals surface area contributed by atoms with E-state index in [0.29, 0.717) is 11.7 Å². The van der Waals surface area contributed by atoms with E-state index in [1.165, 1.54) is 5.56 Å². The number of aryl methyl sites for hydroxylation is 2. The van der Waals surface area contributed by atoms with E-state index in [2.05, 4.69) is 29.9 Å². The molecule has 4 nitrogen and oxygen atoms in total. The standard InChI is InChI=1S/C15H19N3O/c1-3-6-14-17-13(16)10-15(18-14)19-12-8-5-7-11(4-2)9-12/h5,7-10H,3-4,6H2,1-2H3,(H2,16,17,18). The van der Waals surface area contributed by atoms with Crippen LogP contribution in [0.2, 0.25) is 0 Å². The fourth-order valence-electron chi connectivity index (χ4n) is 1.83. The van der Waals surface area contributed by atoms with Crippen LogP contribution in [0.15, 0.2) is 30.3 Å². The zero-order valence-electron chi connectivity index (χ0n) is 11.4. The van der Waals surface area contributed by atoms with Gasteiger partial charge in [0, 0.05) is 12.5 Å². The number of hydrogen-bond donors (Lipinski definition) is 1. The molecule has 100 valence electrons. The second kappa shape index (κ2) is 6.18. The Bertz CT molecular complexity index is 555. The molecule has 2 N–H and O–H groups in total. The first-order valence-electron chi connectivity index (χ1n) is 6.61. The molecule has 19 heavy (non-hydrogen) atoms. The third kappa shape index (κ3) is 3.68. The molecule has 0 bridgehead atoms. The largest absolute Gasteiger partial charge is 0.439 e. The summed E-state index contributed by atoms with van der Waals surface area (Å²) in [5.41, 5.74) is 7.00. The summed E-state index contributed by atoms with van der Waals surface area (Å²) in [6, 6.07) is 9.63. The van der Waals surface area contributed by atoms with Crippen LogP contribution in [0, 0.1) is 0 Å². The molecule has 0 saturated heterocycles. The Labute approximate surface area is 113 Å². The lowest BCUT2D eigenvalue weighted by Crippen LogP contribution is -2.01. The number of hydrogen-bond acceptors (Lipinski definition) is 4. The third-order valence-corrected chi connectivity index (χ3v) is 2.77. The van der Waals surface area contributed by atoms with Gasteiger partial charge in [-0.05, 0) is 30.5 Å². The first-order chi connectivity index (χ1) is 9.21. The lowest BCUT2D eigenvalue weighted by atomic mass is 10.2. The molecule has 0 spiro atoms. The highest BCUT2D eigenvalue weighted by atomic mass is 16.5. The molecule has 1 heterocycles. The Balaban J connectivity index is 2.22. The minimum Gasteiger partial charge on any atom is -0.439 e. The molecule has 1 aromatic carbocycles. The van der Waals surface area contributed by atoms with Gasteiger partial charge in [-0.3, -0.25) is 0 Å². The van der Waals surface area contributed by atoms with Gasteiger partial charge in [-0.15, -0.1) is 0 Å². The van der Waals surface area contributed by atoms with E-state index in [-0.39, 0.29) is 0 Å². The van der Waals surface area contributed by atoms with Crippen LogP contribution >= 0.6 is 0 Å². The maximum absolute atomic E-state index is 5.77. The molecule has 0 saturated carbocycles. The van der Waals surface area contributed by atoms with Crippen molar-refractivity contribution in [1.82, 2.24) is 9.97 Å². The maximum atomic E-state index is 5.77. The van der Waals surface area contributed by atoms with Crippen LogP contribution in [-0.2, 0) is 12.8 Å². The molecule has 2 rings (SSSR count). The monoisotopic (exact) mass is 257 g/mol. The summed E-state index contributed by atoms with van der Waals surface area (Å²) >= 11 is 0. The minimum atomic E-state index is 0.445. The van der Waals surface area contributed by atoms with E-state index in [1.807, 2.05) is 18.2 Å². The van der Waals surface area contributed by atoms with E-state index in [4.69, 9.17) is 10.5 Å². The Morgan fingerprint density at radius 3 is 2.74 bits per heavy atom. The van der Waals surface area contributed by atoms with E-state index in [0.717, 1.165) is 30.8 Å². The van der Waals surface area contributed by atoms with E-state index < -0.39 is 0 Å². The van der Waals surface area contributed by atoms with E-state index >= 15 is 0 Å². The Kier molecular flexibility index (Phi) is 4.34. The Hall–Kier alpha value is -2.10. The fourth-order valence-corrected chi connectivity index (χ4v) is 1.83. The molecule has 1 aromatic heterocycles. The van der Waals surface area contributed by atoms with Gasteiger partial charge in [0.25, 0.3) is 0 Å². The van der Waals surface area contributed by atoms with Crippen LogP contribution < -0.4 is 10.5 Å². The molecular weight excluding hydrogens is 238 g/mol. The number of ether oxygens (including phenoxy) is 1. The summed E-state index contributed by atoms with van der Waals surface area (Å²) in [7, 11) is 0. The average Bonchev–Trinajstić information content (AvgIpc) is 2.38. The van der Waals surface area contributed by atoms with Crippen molar-refractivity contribution in [3.63, 3.8) is 0 Å². The predicted molar refractivity (Wildman–Crippen MR) is 76.3 cm³/mol. The molecule has 0 amide bonds. The summed E-state index contributed by atoms with van der Waals surface area (Å²) in [6.07, 6.45) is 2.76. The van der Waals surface area contributed by atoms with Crippen LogP contribution in [0.1, 0.15) is 31.7 Å². The van der Waals surface area contributed by atoms with Gasteiger partial charge >= 0.3 is 0 Å². The van der Waals surface area contributed by atoms with E-state index in [9.17, 15) is 0 Å². The van der Waals surface area contributed by atoms with Crippen molar-refractivity contribution >= 4 is 5.82 Å². The first kappa shape index (κ1) is 13.3. The first-order valence-corrected chi connectivity index (χ1v) is 6.61. The van der Waals surface area contributed by atoms with E-state index in [1.54, 1.807) is 6.07 Å². The number of rotatable bonds is 5. The summed E-state index contributed by atoms with van der Waals surface area (Å²) < 4.78 is 5.76. The molecule has 0 radical (unpaired) electrons. The maximum Gasteiger partial charge on any atom is 0.224 e. The highest BCUT2D eigenvalue weighted by Crippen LogP contribution is 2.22. The highest BCUT2D eigenvalue weighted by molar-refractivity contribution is 5.37. The van der Waals surface area contributed by atoms with Crippen LogP contribution in [0.3, 0.4) is 0 Å². The van der Waals surface area contributed by atoms with Crippen LogP contribution in [0.25, 0.3) is 0 Å². The van der Waals surface area contributed by atoms with Gasteiger partial charge in [0.1, 0.15) is 17.4 Å². The molecule has 0 atom stereocenters. The second-order valence-corrected chi connectivity index (χ2v) is 4.40. The normalized spacial score (nSPS) is 10.4. The van der Waals surface area contributed by atoms with Crippen molar-refractivity contribution in [2.75, 3.05) is 5.73 Å². The van der Waals surface area contributed by atoms with Crippen molar-refractivity contribution in [3.8, 4) is 11.6 Å². The molecule has 2 aromatic rings. The zero-order chi connectivity index (χ0) is 13.7. The molecule has 0 fully saturated rings. The fraction of sp³-hybridized carbons (Fsp3) is 0.333. The summed E-state index contributed by atoms with van der Waals surface area (Å²) in [5, 5.41) is 0. The van der Waals surface area contributed by atoms with Gasteiger partial charge in [0.2, 0.25) is 5.88 Å². The number of benzene rings is 1. The van der Waals surface area contributed by atoms with Gasteiger partial charge in [-0.1, -0.05) is 26.0 Å². The summed E-state index contributed by atoms with van der Waals surface area (Å²) in [4.78, 5) is 8.55. The van der Waals surface area contributed by atoms with Crippen molar-refractivity contribution < 1.29 is 4.74 Å². The molecular formula is C15H19N3O. The van der Waals surface area contributed by atoms with Gasteiger partial charge in [-0.25, -0.2) is 4.98 Å². The number of nitrogens with two attached hydrogens (primary N) is 1. The van der Waals surface area contributed by atoms with Gasteiger partial charge < -0.3 is 10.5 Å². The lowest BCUT2D eigenvalue weighted by molar-refractivity contribution is 0.458. The quantitative estimate of drug-likeness (QED) is 0.892. The van der Waals surface area contributed by atoms with Crippen molar-refractivity contribution in [2.45, 2.75) is 33.1 Å². The Morgan fingerprint density at radius 2 is 2.00 bits per heavy atom. The van der Waals surface area contributed by atoms with Crippen molar-refractivity contribution in [3.05, 3.63) is 41.7 Å².